The van der Waals surface area contributed by atoms with Crippen molar-refractivity contribution in [1.29, 1.82) is 0 Å². The first-order valence-electron chi connectivity index (χ1n) is 12.4. The monoisotopic (exact) mass is 515 g/mol. The van der Waals surface area contributed by atoms with Crippen LogP contribution in [-0.2, 0) is 26.0 Å². The van der Waals surface area contributed by atoms with Crippen LogP contribution in [0.3, 0.4) is 0 Å². The molecule has 8 nitrogen and oxygen atoms in total. The third-order valence-corrected chi connectivity index (χ3v) is 7.76. The summed E-state index contributed by atoms with van der Waals surface area (Å²) >= 11 is 0. The molecule has 1 atom stereocenters. The Morgan fingerprint density at radius 3 is 2.39 bits per heavy atom. The first-order chi connectivity index (χ1) is 17.1. The van der Waals surface area contributed by atoms with E-state index in [1.807, 2.05) is 43.3 Å². The number of nitrogens with zero attached hydrogens (tertiary/aromatic N) is 2. The van der Waals surface area contributed by atoms with Crippen LogP contribution in [-0.4, -0.2) is 63.7 Å². The SMILES string of the molecule is COc1ccc(C)cc1N(CC(=O)N(CCc1ccccc1)C(C)C(=O)NC1CCCC1)S(C)(=O)=O. The minimum Gasteiger partial charge on any atom is -0.495 e. The third kappa shape index (κ3) is 7.22. The number of hydrogen-bond donors (Lipinski definition) is 1. The summed E-state index contributed by atoms with van der Waals surface area (Å²) in [6.45, 7) is 3.39. The Morgan fingerprint density at radius 2 is 1.78 bits per heavy atom. The van der Waals surface area contributed by atoms with Crippen molar-refractivity contribution >= 4 is 27.5 Å². The van der Waals surface area contributed by atoms with E-state index in [4.69, 9.17) is 4.74 Å². The maximum atomic E-state index is 13.7. The lowest BCUT2D eigenvalue weighted by molar-refractivity contribution is -0.139. The van der Waals surface area contributed by atoms with Gasteiger partial charge in [-0.05, 0) is 56.4 Å². The Balaban J connectivity index is 1.87. The largest absolute Gasteiger partial charge is 0.495 e. The van der Waals surface area contributed by atoms with Gasteiger partial charge in [0, 0.05) is 12.6 Å². The number of aryl methyl sites for hydroxylation is 1. The third-order valence-electron chi connectivity index (χ3n) is 6.64. The van der Waals surface area contributed by atoms with Crippen LogP contribution in [0.15, 0.2) is 48.5 Å². The second-order valence-corrected chi connectivity index (χ2v) is 11.3. The molecule has 0 radical (unpaired) electrons. The number of amides is 2. The van der Waals surface area contributed by atoms with Crippen molar-refractivity contribution in [2.75, 3.05) is 30.8 Å². The molecule has 0 spiro atoms. The first kappa shape index (κ1) is 27.5. The van der Waals surface area contributed by atoms with Crippen LogP contribution in [0.5, 0.6) is 5.75 Å². The fourth-order valence-corrected chi connectivity index (χ4v) is 5.40. The van der Waals surface area contributed by atoms with Gasteiger partial charge in [-0.3, -0.25) is 13.9 Å². The normalized spacial score (nSPS) is 14.8. The number of rotatable bonds is 11. The van der Waals surface area contributed by atoms with Gasteiger partial charge in [0.05, 0.1) is 19.1 Å². The molecule has 2 aromatic rings. The summed E-state index contributed by atoms with van der Waals surface area (Å²) in [4.78, 5) is 28.2. The van der Waals surface area contributed by atoms with Gasteiger partial charge in [-0.2, -0.15) is 0 Å². The number of anilines is 1. The molecule has 1 saturated carbocycles. The van der Waals surface area contributed by atoms with Gasteiger partial charge in [0.25, 0.3) is 0 Å². The van der Waals surface area contributed by atoms with E-state index in [-0.39, 0.29) is 18.5 Å². The van der Waals surface area contributed by atoms with Gasteiger partial charge in [-0.25, -0.2) is 8.42 Å². The van der Waals surface area contributed by atoms with Crippen molar-refractivity contribution in [1.82, 2.24) is 10.2 Å². The van der Waals surface area contributed by atoms with Gasteiger partial charge in [0.1, 0.15) is 18.3 Å². The van der Waals surface area contributed by atoms with Crippen molar-refractivity contribution in [3.8, 4) is 5.75 Å². The Bertz CT molecular complexity index is 1150. The Labute approximate surface area is 214 Å². The highest BCUT2D eigenvalue weighted by Crippen LogP contribution is 2.31. The average Bonchev–Trinajstić information content (AvgIpc) is 3.35. The van der Waals surface area contributed by atoms with Crippen LogP contribution in [0, 0.1) is 6.92 Å². The number of benzene rings is 2. The minimum absolute atomic E-state index is 0.120. The highest BCUT2D eigenvalue weighted by atomic mass is 32.2. The van der Waals surface area contributed by atoms with Crippen LogP contribution < -0.4 is 14.4 Å². The molecule has 36 heavy (non-hydrogen) atoms. The molecular formula is C27H37N3O5S. The number of sulfonamides is 1. The molecule has 1 fully saturated rings. The maximum Gasteiger partial charge on any atom is 0.244 e. The highest BCUT2D eigenvalue weighted by Gasteiger charge is 2.32. The molecule has 9 heteroatoms. The Hall–Kier alpha value is -3.07. The molecule has 1 aliphatic carbocycles. The van der Waals surface area contributed by atoms with Crippen molar-refractivity contribution in [2.45, 2.75) is 58.0 Å². The molecule has 0 heterocycles. The van der Waals surface area contributed by atoms with Crippen molar-refractivity contribution in [3.05, 3.63) is 59.7 Å². The molecule has 3 rings (SSSR count). The molecule has 1 aliphatic rings. The summed E-state index contributed by atoms with van der Waals surface area (Å²) in [5, 5.41) is 3.07. The number of hydrogen-bond acceptors (Lipinski definition) is 5. The second kappa shape index (κ2) is 12.3. The summed E-state index contributed by atoms with van der Waals surface area (Å²) in [5.41, 5.74) is 2.15. The van der Waals surface area contributed by atoms with E-state index < -0.39 is 28.5 Å². The second-order valence-electron chi connectivity index (χ2n) is 9.43. The summed E-state index contributed by atoms with van der Waals surface area (Å²) in [7, 11) is -2.37. The quantitative estimate of drug-likeness (QED) is 0.496. The number of carbonyl (C=O) groups excluding carboxylic acids is 2. The van der Waals surface area contributed by atoms with E-state index in [9.17, 15) is 18.0 Å². The van der Waals surface area contributed by atoms with Crippen LogP contribution in [0.4, 0.5) is 5.69 Å². The van der Waals surface area contributed by atoms with Gasteiger partial charge in [0.2, 0.25) is 21.8 Å². The number of carbonyl (C=O) groups is 2. The van der Waals surface area contributed by atoms with Crippen molar-refractivity contribution in [3.63, 3.8) is 0 Å². The van der Waals surface area contributed by atoms with Crippen LogP contribution in [0.2, 0.25) is 0 Å². The molecule has 0 aliphatic heterocycles. The molecule has 0 bridgehead atoms. The predicted octanol–water partition coefficient (Wildman–Crippen LogP) is 3.29. The first-order valence-corrected chi connectivity index (χ1v) is 14.2. The number of nitrogens with one attached hydrogen (secondary N) is 1. The standard InChI is InChI=1S/C27H37N3O5S/c1-20-14-15-25(35-3)24(18-20)30(36(4,33)34)19-26(31)29(17-16-22-10-6-5-7-11-22)21(2)27(32)28-23-12-8-9-13-23/h5-7,10-11,14-15,18,21,23H,8-9,12-13,16-17,19H2,1-4H3,(H,28,32). The highest BCUT2D eigenvalue weighted by molar-refractivity contribution is 7.92. The number of methoxy groups -OCH3 is 1. The summed E-state index contributed by atoms with van der Waals surface area (Å²) in [6.07, 6.45) is 5.64. The Kier molecular flexibility index (Phi) is 9.37. The molecule has 2 aromatic carbocycles. The lowest BCUT2D eigenvalue weighted by Crippen LogP contribution is -2.53. The number of ether oxygens (including phenoxy) is 1. The van der Waals surface area contributed by atoms with E-state index in [1.54, 1.807) is 19.1 Å². The van der Waals surface area contributed by atoms with Crippen LogP contribution in [0.25, 0.3) is 0 Å². The van der Waals surface area contributed by atoms with Gasteiger partial charge in [-0.1, -0.05) is 49.2 Å². The maximum absolute atomic E-state index is 13.7. The molecule has 1 unspecified atom stereocenters. The Morgan fingerprint density at radius 1 is 1.11 bits per heavy atom. The van der Waals surface area contributed by atoms with Crippen molar-refractivity contribution in [2.24, 2.45) is 0 Å². The van der Waals surface area contributed by atoms with E-state index in [2.05, 4.69) is 5.32 Å². The minimum atomic E-state index is -3.82. The van der Waals surface area contributed by atoms with E-state index >= 15 is 0 Å². The molecular weight excluding hydrogens is 478 g/mol. The molecule has 1 N–H and O–H groups in total. The fourth-order valence-electron chi connectivity index (χ4n) is 4.55. The lowest BCUT2D eigenvalue weighted by atomic mass is 10.1. The van der Waals surface area contributed by atoms with Gasteiger partial charge < -0.3 is 15.0 Å². The average molecular weight is 516 g/mol. The fraction of sp³-hybridized carbons (Fsp3) is 0.481. The molecule has 0 saturated heterocycles. The van der Waals surface area contributed by atoms with Crippen LogP contribution in [0.1, 0.15) is 43.7 Å². The van der Waals surface area contributed by atoms with E-state index in [1.165, 1.54) is 12.0 Å². The molecule has 196 valence electrons. The summed E-state index contributed by atoms with van der Waals surface area (Å²) < 4.78 is 32.0. The predicted molar refractivity (Wildman–Crippen MR) is 142 cm³/mol. The van der Waals surface area contributed by atoms with Gasteiger partial charge >= 0.3 is 0 Å². The topological polar surface area (TPSA) is 96.0 Å². The van der Waals surface area contributed by atoms with Gasteiger partial charge in [0.15, 0.2) is 0 Å². The lowest BCUT2D eigenvalue weighted by Gasteiger charge is -2.32. The molecule has 2 amide bonds. The zero-order valence-electron chi connectivity index (χ0n) is 21.6. The molecule has 0 aromatic heterocycles. The van der Waals surface area contributed by atoms with Gasteiger partial charge in [-0.15, -0.1) is 0 Å². The zero-order chi connectivity index (χ0) is 26.3. The smallest absolute Gasteiger partial charge is 0.244 e. The van der Waals surface area contributed by atoms with E-state index in [0.29, 0.717) is 17.9 Å². The summed E-state index contributed by atoms with van der Waals surface area (Å²) in [5.74, 6) is -0.321. The van der Waals surface area contributed by atoms with Crippen LogP contribution >= 0.6 is 0 Å². The van der Waals surface area contributed by atoms with Crippen molar-refractivity contribution < 1.29 is 22.7 Å². The zero-order valence-corrected chi connectivity index (χ0v) is 22.4. The summed E-state index contributed by atoms with van der Waals surface area (Å²) in [6, 6.07) is 14.2. The van der Waals surface area contributed by atoms with E-state index in [0.717, 1.165) is 47.4 Å².